The van der Waals surface area contributed by atoms with E-state index in [4.69, 9.17) is 18.6 Å². The molecule has 5 nitrogen and oxygen atoms in total. The van der Waals surface area contributed by atoms with Gasteiger partial charge in [-0.25, -0.2) is 0 Å². The Morgan fingerprint density at radius 1 is 1.20 bits per heavy atom. The van der Waals surface area contributed by atoms with Crippen LogP contribution in [-0.4, -0.2) is 9.64 Å². The van der Waals surface area contributed by atoms with Crippen LogP contribution < -0.4 is 14.0 Å². The topological polar surface area (TPSA) is 102 Å². The highest BCUT2D eigenvalue weighted by Crippen LogP contribution is 2.06. The van der Waals surface area contributed by atoms with Gasteiger partial charge in [0.25, 0.3) is 0 Å². The van der Waals surface area contributed by atoms with E-state index in [-0.39, 0.29) is 24.0 Å². The summed E-state index contributed by atoms with van der Waals surface area (Å²) >= 11 is 0. The van der Waals surface area contributed by atoms with Crippen molar-refractivity contribution in [2.75, 3.05) is 0 Å². The molecule has 7 heteroatoms. The molecule has 1 rings (SSSR count). The highest BCUT2D eigenvalue weighted by molar-refractivity contribution is 14.0. The van der Waals surface area contributed by atoms with Crippen LogP contribution in [0.5, 0.6) is 0 Å². The molecule has 0 aromatic carbocycles. The molecule has 1 aromatic heterocycles. The predicted molar refractivity (Wildman–Crippen MR) is 56.1 cm³/mol. The van der Waals surface area contributed by atoms with Crippen molar-refractivity contribution in [3.8, 4) is 0 Å². The van der Waals surface area contributed by atoms with Gasteiger partial charge in [-0.2, -0.15) is 14.0 Å². The molecular formula is C8H13ClINO4. The van der Waals surface area contributed by atoms with Gasteiger partial charge in [0.15, 0.2) is 0 Å². The van der Waals surface area contributed by atoms with E-state index in [0.717, 1.165) is 5.69 Å². The maximum atomic E-state index is 8.60. The maximum Gasteiger partial charge on any atom is 0.0777 e. The van der Waals surface area contributed by atoms with E-state index in [1.54, 1.807) is 0 Å². The van der Waals surface area contributed by atoms with Gasteiger partial charge in [0.05, 0.1) is 14.9 Å². The average molecular weight is 350 g/mol. The van der Waals surface area contributed by atoms with Gasteiger partial charge in [0.2, 0.25) is 0 Å². The molecule has 0 aliphatic carbocycles. The summed E-state index contributed by atoms with van der Waals surface area (Å²) in [6.45, 7) is 6.23. The third-order valence-electron chi connectivity index (χ3n) is 1.73. The van der Waals surface area contributed by atoms with Gasteiger partial charge in [-0.15, -0.1) is 24.0 Å². The zero-order valence-electron chi connectivity index (χ0n) is 8.56. The SMILES string of the molecule is Cc1ccnc(C)c1C.I.[O-][Cl+3]([O-])([O-])O. The fraction of sp³-hybridized carbons (Fsp3) is 0.375. The molecule has 0 saturated carbocycles. The summed E-state index contributed by atoms with van der Waals surface area (Å²) < 4.78 is 32.7. The molecule has 0 spiro atoms. The quantitative estimate of drug-likeness (QED) is 0.574. The molecule has 1 N–H and O–H groups in total. The summed E-state index contributed by atoms with van der Waals surface area (Å²) in [4.78, 5) is 4.14. The molecule has 0 aliphatic heterocycles. The van der Waals surface area contributed by atoms with Crippen LogP contribution in [0.15, 0.2) is 12.3 Å². The lowest BCUT2D eigenvalue weighted by molar-refractivity contribution is -1.92. The molecule has 0 saturated heterocycles. The van der Waals surface area contributed by atoms with E-state index >= 15 is 0 Å². The second-order valence-electron chi connectivity index (χ2n) is 2.73. The Hall–Kier alpha value is 0.01000. The molecule has 0 amide bonds. The minimum Gasteiger partial charge on any atom is -0.261 e. The molecule has 15 heavy (non-hydrogen) atoms. The first kappa shape index (κ1) is 17.4. The first-order valence-electron chi connectivity index (χ1n) is 3.74. The Morgan fingerprint density at radius 2 is 1.60 bits per heavy atom. The number of rotatable bonds is 0. The molecule has 0 unspecified atom stereocenters. The zero-order valence-corrected chi connectivity index (χ0v) is 11.6. The van der Waals surface area contributed by atoms with Gasteiger partial charge in [-0.05, 0) is 38.0 Å². The number of hydrogen-bond acceptors (Lipinski definition) is 5. The van der Waals surface area contributed by atoms with E-state index < -0.39 is 10.2 Å². The molecule has 0 bridgehead atoms. The summed E-state index contributed by atoms with van der Waals surface area (Å²) in [5.74, 6) is 0. The lowest BCUT2D eigenvalue weighted by Crippen LogP contribution is -2.58. The number of pyridine rings is 1. The van der Waals surface area contributed by atoms with Gasteiger partial charge in [0.1, 0.15) is 0 Å². The van der Waals surface area contributed by atoms with Crippen molar-refractivity contribution < 1.29 is 28.9 Å². The van der Waals surface area contributed by atoms with Crippen molar-refractivity contribution >= 4 is 24.0 Å². The second kappa shape index (κ2) is 7.31. The first-order chi connectivity index (χ1) is 6.22. The summed E-state index contributed by atoms with van der Waals surface area (Å²) in [6, 6.07) is 2.03. The molecular weight excluding hydrogens is 336 g/mol. The van der Waals surface area contributed by atoms with Gasteiger partial charge in [0, 0.05) is 11.9 Å². The Labute approximate surface area is 108 Å². The van der Waals surface area contributed by atoms with Crippen LogP contribution >= 0.6 is 24.0 Å². The average Bonchev–Trinajstić information content (AvgIpc) is 1.97. The van der Waals surface area contributed by atoms with Gasteiger partial charge in [-0.3, -0.25) is 4.98 Å². The molecule has 0 atom stereocenters. The summed E-state index contributed by atoms with van der Waals surface area (Å²) in [7, 11) is -4.69. The van der Waals surface area contributed by atoms with Crippen LogP contribution in [0.4, 0.5) is 0 Å². The van der Waals surface area contributed by atoms with E-state index in [0.29, 0.717) is 0 Å². The van der Waals surface area contributed by atoms with Crippen LogP contribution in [-0.2, 0) is 0 Å². The van der Waals surface area contributed by atoms with Crippen LogP contribution in [0.3, 0.4) is 0 Å². The third kappa shape index (κ3) is 10.3. The second-order valence-corrected chi connectivity index (χ2v) is 3.53. The fourth-order valence-electron chi connectivity index (χ4n) is 0.768. The van der Waals surface area contributed by atoms with Gasteiger partial charge < -0.3 is 0 Å². The molecule has 0 aliphatic rings. The lowest BCUT2D eigenvalue weighted by atomic mass is 10.1. The maximum absolute atomic E-state index is 8.60. The summed E-state index contributed by atoms with van der Waals surface area (Å²) in [5.41, 5.74) is 3.76. The minimum absolute atomic E-state index is 0. The number of aromatic nitrogens is 1. The Bertz CT molecular complexity index is 277. The third-order valence-corrected chi connectivity index (χ3v) is 1.73. The predicted octanol–water partition coefficient (Wildman–Crippen LogP) is -1.50. The molecule has 0 radical (unpaired) electrons. The van der Waals surface area contributed by atoms with Crippen molar-refractivity contribution in [1.29, 1.82) is 0 Å². The van der Waals surface area contributed by atoms with E-state index in [1.165, 1.54) is 11.1 Å². The first-order valence-corrected chi connectivity index (χ1v) is 5.00. The van der Waals surface area contributed by atoms with Gasteiger partial charge >= 0.3 is 0 Å². The fourth-order valence-corrected chi connectivity index (χ4v) is 0.768. The van der Waals surface area contributed by atoms with Crippen LogP contribution in [0.1, 0.15) is 16.8 Å². The van der Waals surface area contributed by atoms with Crippen molar-refractivity contribution in [2.24, 2.45) is 0 Å². The highest BCUT2D eigenvalue weighted by atomic mass is 127. The summed E-state index contributed by atoms with van der Waals surface area (Å²) in [6.07, 6.45) is 1.84. The number of nitrogens with zero attached hydrogens (tertiary/aromatic N) is 1. The van der Waals surface area contributed by atoms with Crippen molar-refractivity contribution in [3.63, 3.8) is 0 Å². The van der Waals surface area contributed by atoms with E-state index in [9.17, 15) is 0 Å². The number of aryl methyl sites for hydroxylation is 2. The van der Waals surface area contributed by atoms with Gasteiger partial charge in [-0.1, -0.05) is 0 Å². The van der Waals surface area contributed by atoms with Crippen molar-refractivity contribution in [1.82, 2.24) is 4.98 Å². The zero-order chi connectivity index (χ0) is 11.4. The Morgan fingerprint density at radius 3 is 1.87 bits per heavy atom. The standard InChI is InChI=1S/C8H11N.ClHO4.HI/c1-6-4-5-9-8(3)7(6)2;2-1(3,4)5;/h4-5H,1-3H3;(H,2,3,4,5);1H. The smallest absolute Gasteiger partial charge is 0.0777 e. The van der Waals surface area contributed by atoms with Crippen molar-refractivity contribution in [2.45, 2.75) is 20.8 Å². The van der Waals surface area contributed by atoms with E-state index in [2.05, 4.69) is 18.8 Å². The largest absolute Gasteiger partial charge is 0.261 e. The molecule has 1 heterocycles. The molecule has 1 aromatic rings. The van der Waals surface area contributed by atoms with Crippen molar-refractivity contribution in [3.05, 3.63) is 29.1 Å². The normalized spacial score (nSPS) is 9.80. The van der Waals surface area contributed by atoms with E-state index in [1.807, 2.05) is 19.2 Å². The monoisotopic (exact) mass is 349 g/mol. The number of halogens is 2. The minimum atomic E-state index is -4.69. The molecule has 0 fully saturated rings. The lowest BCUT2D eigenvalue weighted by Gasteiger charge is -2.03. The van der Waals surface area contributed by atoms with Crippen LogP contribution in [0.25, 0.3) is 0 Å². The Balaban J connectivity index is 0. The summed E-state index contributed by atoms with van der Waals surface area (Å²) in [5, 5.41) is 0. The van der Waals surface area contributed by atoms with Crippen LogP contribution in [0, 0.1) is 31.0 Å². The highest BCUT2D eigenvalue weighted by Gasteiger charge is 1.98. The number of hydrogen-bond donors (Lipinski definition) is 1. The molecule has 88 valence electrons. The Kier molecular flexibility index (Phi) is 8.48. The van der Waals surface area contributed by atoms with Crippen LogP contribution in [0.2, 0.25) is 0 Å².